The summed E-state index contributed by atoms with van der Waals surface area (Å²) in [7, 11) is -3.63. The van der Waals surface area contributed by atoms with Crippen molar-refractivity contribution in [3.63, 3.8) is 0 Å². The summed E-state index contributed by atoms with van der Waals surface area (Å²) < 4.78 is 27.1. The zero-order chi connectivity index (χ0) is 14.6. The first-order chi connectivity index (χ1) is 8.76. The highest BCUT2D eigenvalue weighted by atomic mass is 35.5. The molecule has 6 heteroatoms. The summed E-state index contributed by atoms with van der Waals surface area (Å²) in [5.41, 5.74) is 5.90. The van der Waals surface area contributed by atoms with Crippen molar-refractivity contribution in [1.82, 2.24) is 4.72 Å². The number of benzene rings is 1. The Morgan fingerprint density at radius 2 is 2.00 bits per heavy atom. The zero-order valence-electron chi connectivity index (χ0n) is 11.5. The minimum Gasteiger partial charge on any atom is -0.398 e. The van der Waals surface area contributed by atoms with E-state index in [1.165, 1.54) is 12.1 Å². The molecule has 2 atom stereocenters. The minimum atomic E-state index is -3.63. The third-order valence-electron chi connectivity index (χ3n) is 3.07. The Morgan fingerprint density at radius 3 is 2.58 bits per heavy atom. The summed E-state index contributed by atoms with van der Waals surface area (Å²) in [6, 6.07) is 4.29. The summed E-state index contributed by atoms with van der Waals surface area (Å²) in [6.07, 6.45) is 1.81. The lowest BCUT2D eigenvalue weighted by Crippen LogP contribution is -2.34. The molecular formula is C13H21ClN2O2S. The van der Waals surface area contributed by atoms with E-state index in [2.05, 4.69) is 18.6 Å². The van der Waals surface area contributed by atoms with Gasteiger partial charge in [0.15, 0.2) is 0 Å². The molecular weight excluding hydrogens is 284 g/mol. The van der Waals surface area contributed by atoms with Gasteiger partial charge in [0.1, 0.15) is 4.90 Å². The monoisotopic (exact) mass is 304 g/mol. The van der Waals surface area contributed by atoms with E-state index in [0.717, 1.165) is 12.8 Å². The highest BCUT2D eigenvalue weighted by Gasteiger charge is 2.21. The predicted molar refractivity (Wildman–Crippen MR) is 79.7 cm³/mol. The van der Waals surface area contributed by atoms with Gasteiger partial charge in [-0.25, -0.2) is 13.1 Å². The van der Waals surface area contributed by atoms with Gasteiger partial charge in [-0.3, -0.25) is 0 Å². The number of anilines is 1. The van der Waals surface area contributed by atoms with E-state index in [0.29, 0.717) is 10.9 Å². The van der Waals surface area contributed by atoms with Gasteiger partial charge >= 0.3 is 0 Å². The van der Waals surface area contributed by atoms with Crippen LogP contribution in [-0.4, -0.2) is 14.5 Å². The first kappa shape index (κ1) is 16.3. The van der Waals surface area contributed by atoms with Gasteiger partial charge < -0.3 is 5.73 Å². The Labute approximate surface area is 120 Å². The maximum atomic E-state index is 12.2. The van der Waals surface area contributed by atoms with Crippen LogP contribution in [0.15, 0.2) is 23.1 Å². The van der Waals surface area contributed by atoms with Gasteiger partial charge in [0.25, 0.3) is 0 Å². The second kappa shape index (κ2) is 6.59. The van der Waals surface area contributed by atoms with Crippen LogP contribution in [0.25, 0.3) is 0 Å². The number of hydrogen-bond donors (Lipinski definition) is 2. The number of nitrogen functional groups attached to an aromatic ring is 1. The molecule has 3 N–H and O–H groups in total. The molecule has 0 saturated carbocycles. The Hall–Kier alpha value is -0.780. The number of rotatable bonds is 6. The Kier molecular flexibility index (Phi) is 5.64. The second-order valence-electron chi connectivity index (χ2n) is 4.95. The molecule has 2 unspecified atom stereocenters. The lowest BCUT2D eigenvalue weighted by Gasteiger charge is -2.18. The van der Waals surface area contributed by atoms with Crippen molar-refractivity contribution < 1.29 is 8.42 Å². The van der Waals surface area contributed by atoms with Crippen molar-refractivity contribution in [2.24, 2.45) is 5.92 Å². The molecule has 0 spiro atoms. The standard InChI is InChI=1S/C13H21ClN2O2S/c1-4-9(2)7-10(3)16-19(17,18)13-8-11(14)5-6-12(13)15/h5-6,8-10,16H,4,7,15H2,1-3H3. The summed E-state index contributed by atoms with van der Waals surface area (Å²) in [4.78, 5) is 0.0380. The number of nitrogens with one attached hydrogen (secondary N) is 1. The van der Waals surface area contributed by atoms with Gasteiger partial charge in [-0.05, 0) is 37.5 Å². The van der Waals surface area contributed by atoms with E-state index in [1.807, 2.05) is 6.92 Å². The Morgan fingerprint density at radius 1 is 1.37 bits per heavy atom. The normalized spacial score (nSPS) is 15.2. The fraction of sp³-hybridized carbons (Fsp3) is 0.538. The largest absolute Gasteiger partial charge is 0.398 e. The van der Waals surface area contributed by atoms with E-state index in [1.54, 1.807) is 6.07 Å². The molecule has 108 valence electrons. The van der Waals surface area contributed by atoms with Crippen LogP contribution >= 0.6 is 11.6 Å². The number of nitrogens with two attached hydrogens (primary N) is 1. The van der Waals surface area contributed by atoms with E-state index in [4.69, 9.17) is 17.3 Å². The molecule has 1 aromatic carbocycles. The van der Waals surface area contributed by atoms with E-state index >= 15 is 0 Å². The Balaban J connectivity index is 2.89. The van der Waals surface area contributed by atoms with Crippen molar-refractivity contribution >= 4 is 27.3 Å². The molecule has 4 nitrogen and oxygen atoms in total. The zero-order valence-corrected chi connectivity index (χ0v) is 13.1. The first-order valence-corrected chi connectivity index (χ1v) is 8.19. The van der Waals surface area contributed by atoms with Gasteiger partial charge in [-0.15, -0.1) is 0 Å². The van der Waals surface area contributed by atoms with E-state index in [9.17, 15) is 8.42 Å². The third kappa shape index (κ3) is 4.67. The van der Waals surface area contributed by atoms with E-state index < -0.39 is 10.0 Å². The van der Waals surface area contributed by atoms with Crippen LogP contribution in [0, 0.1) is 5.92 Å². The predicted octanol–water partition coefficient (Wildman–Crippen LogP) is 3.03. The van der Waals surface area contributed by atoms with Crippen LogP contribution in [0.3, 0.4) is 0 Å². The summed E-state index contributed by atoms with van der Waals surface area (Å²) in [5.74, 6) is 0.467. The van der Waals surface area contributed by atoms with Gasteiger partial charge in [0.2, 0.25) is 10.0 Å². The highest BCUT2D eigenvalue weighted by molar-refractivity contribution is 7.89. The van der Waals surface area contributed by atoms with Gasteiger partial charge in [0.05, 0.1) is 5.69 Å². The quantitative estimate of drug-likeness (QED) is 0.793. The molecule has 0 saturated heterocycles. The molecule has 0 bridgehead atoms. The van der Waals surface area contributed by atoms with Crippen molar-refractivity contribution in [2.45, 2.75) is 44.6 Å². The molecule has 0 heterocycles. The first-order valence-electron chi connectivity index (χ1n) is 6.33. The van der Waals surface area contributed by atoms with Gasteiger partial charge in [-0.1, -0.05) is 31.9 Å². The molecule has 19 heavy (non-hydrogen) atoms. The van der Waals surface area contributed by atoms with Gasteiger partial charge in [0, 0.05) is 11.1 Å². The molecule has 0 aliphatic rings. The molecule has 0 amide bonds. The molecule has 1 rings (SSSR count). The van der Waals surface area contributed by atoms with Crippen molar-refractivity contribution in [2.75, 3.05) is 5.73 Å². The fourth-order valence-corrected chi connectivity index (χ4v) is 3.54. The fourth-order valence-electron chi connectivity index (χ4n) is 1.89. The van der Waals surface area contributed by atoms with Gasteiger partial charge in [-0.2, -0.15) is 0 Å². The maximum absolute atomic E-state index is 12.2. The molecule has 0 fully saturated rings. The summed E-state index contributed by atoms with van der Waals surface area (Å²) in [5, 5.41) is 0.351. The van der Waals surface area contributed by atoms with E-state index in [-0.39, 0.29) is 16.6 Å². The van der Waals surface area contributed by atoms with Crippen LogP contribution in [0.4, 0.5) is 5.69 Å². The van der Waals surface area contributed by atoms with Crippen molar-refractivity contribution in [1.29, 1.82) is 0 Å². The average Bonchev–Trinajstić information content (AvgIpc) is 2.31. The molecule has 0 aliphatic heterocycles. The van der Waals surface area contributed by atoms with Crippen LogP contribution in [0.5, 0.6) is 0 Å². The van der Waals surface area contributed by atoms with Crippen LogP contribution in [0.1, 0.15) is 33.6 Å². The lowest BCUT2D eigenvalue weighted by atomic mass is 10.0. The number of hydrogen-bond acceptors (Lipinski definition) is 3. The minimum absolute atomic E-state index is 0.0380. The molecule has 1 aromatic rings. The smallest absolute Gasteiger partial charge is 0.242 e. The highest BCUT2D eigenvalue weighted by Crippen LogP contribution is 2.23. The lowest BCUT2D eigenvalue weighted by molar-refractivity contribution is 0.445. The SMILES string of the molecule is CCC(C)CC(C)NS(=O)(=O)c1cc(Cl)ccc1N. The maximum Gasteiger partial charge on any atom is 0.242 e. The van der Waals surface area contributed by atoms with Crippen molar-refractivity contribution in [3.8, 4) is 0 Å². The molecule has 0 radical (unpaired) electrons. The Bertz CT molecular complexity index is 531. The van der Waals surface area contributed by atoms with Crippen LogP contribution < -0.4 is 10.5 Å². The summed E-state index contributed by atoms with van der Waals surface area (Å²) >= 11 is 5.82. The molecule has 0 aromatic heterocycles. The molecule has 0 aliphatic carbocycles. The van der Waals surface area contributed by atoms with Crippen molar-refractivity contribution in [3.05, 3.63) is 23.2 Å². The number of halogens is 1. The summed E-state index contributed by atoms with van der Waals surface area (Å²) in [6.45, 7) is 6.03. The topological polar surface area (TPSA) is 72.2 Å². The third-order valence-corrected chi connectivity index (χ3v) is 4.95. The van der Waals surface area contributed by atoms with Crippen LogP contribution in [-0.2, 0) is 10.0 Å². The average molecular weight is 305 g/mol. The van der Waals surface area contributed by atoms with Crippen LogP contribution in [0.2, 0.25) is 5.02 Å². The number of sulfonamides is 1. The second-order valence-corrected chi connectivity index (χ2v) is 7.07.